The van der Waals surface area contributed by atoms with Gasteiger partial charge in [-0.05, 0) is 49.9 Å². The molecular weight excluding hydrogens is 376 g/mol. The van der Waals surface area contributed by atoms with E-state index in [0.29, 0.717) is 5.92 Å². The first-order chi connectivity index (χ1) is 14.8. The zero-order valence-electron chi connectivity index (χ0n) is 18.7. The molecule has 1 unspecified atom stereocenters. The number of likely N-dealkylation sites (tertiary alicyclic amines) is 1. The van der Waals surface area contributed by atoms with Gasteiger partial charge in [-0.3, -0.25) is 9.89 Å². The quantitative estimate of drug-likeness (QED) is 0.349. The summed E-state index contributed by atoms with van der Waals surface area (Å²) in [5.41, 5.74) is 2.70. The summed E-state index contributed by atoms with van der Waals surface area (Å²) in [6.45, 7) is 8.51. The van der Waals surface area contributed by atoms with Crippen LogP contribution >= 0.6 is 0 Å². The number of rotatable bonds is 10. The molecule has 2 heterocycles. The average Bonchev–Trinajstić information content (AvgIpc) is 3.16. The SMILES string of the molecule is CN=C(NCCCOCC1CCOC1)NCc1cccc(CN2CCCCCC2)c1. The van der Waals surface area contributed by atoms with Crippen LogP contribution in [-0.4, -0.2) is 64.0 Å². The summed E-state index contributed by atoms with van der Waals surface area (Å²) in [4.78, 5) is 6.94. The molecule has 6 heteroatoms. The normalized spacial score (nSPS) is 20.8. The second-order valence-electron chi connectivity index (χ2n) is 8.52. The molecular formula is C24H40N4O2. The van der Waals surface area contributed by atoms with Gasteiger partial charge in [0.25, 0.3) is 0 Å². The fraction of sp³-hybridized carbons (Fsp3) is 0.708. The number of benzene rings is 1. The first-order valence-corrected chi connectivity index (χ1v) is 11.7. The topological polar surface area (TPSA) is 58.1 Å². The summed E-state index contributed by atoms with van der Waals surface area (Å²) in [6.07, 6.45) is 7.54. The van der Waals surface area contributed by atoms with E-state index in [1.807, 2.05) is 7.05 Å². The van der Waals surface area contributed by atoms with Crippen LogP contribution in [0.5, 0.6) is 0 Å². The summed E-state index contributed by atoms with van der Waals surface area (Å²) >= 11 is 0. The Balaban J connectivity index is 1.32. The predicted octanol–water partition coefficient (Wildman–Crippen LogP) is 3.17. The smallest absolute Gasteiger partial charge is 0.191 e. The summed E-state index contributed by atoms with van der Waals surface area (Å²) < 4.78 is 11.1. The molecule has 2 aliphatic heterocycles. The van der Waals surface area contributed by atoms with Crippen LogP contribution in [0, 0.1) is 5.92 Å². The molecule has 2 N–H and O–H groups in total. The van der Waals surface area contributed by atoms with E-state index in [2.05, 4.69) is 44.8 Å². The highest BCUT2D eigenvalue weighted by Gasteiger charge is 2.15. The van der Waals surface area contributed by atoms with Crippen molar-refractivity contribution in [2.45, 2.75) is 51.6 Å². The van der Waals surface area contributed by atoms with Crippen molar-refractivity contribution in [3.05, 3.63) is 35.4 Å². The molecule has 2 saturated heterocycles. The third-order valence-corrected chi connectivity index (χ3v) is 5.92. The van der Waals surface area contributed by atoms with Crippen LogP contribution in [0.3, 0.4) is 0 Å². The minimum absolute atomic E-state index is 0.586. The Morgan fingerprint density at radius 2 is 2.00 bits per heavy atom. The number of ether oxygens (including phenoxy) is 2. The van der Waals surface area contributed by atoms with Gasteiger partial charge >= 0.3 is 0 Å². The van der Waals surface area contributed by atoms with E-state index >= 15 is 0 Å². The van der Waals surface area contributed by atoms with Crippen LogP contribution in [-0.2, 0) is 22.6 Å². The van der Waals surface area contributed by atoms with E-state index in [9.17, 15) is 0 Å². The van der Waals surface area contributed by atoms with Crippen molar-refractivity contribution in [2.24, 2.45) is 10.9 Å². The molecule has 1 aromatic carbocycles. The predicted molar refractivity (Wildman–Crippen MR) is 123 cm³/mol. The monoisotopic (exact) mass is 416 g/mol. The van der Waals surface area contributed by atoms with Gasteiger partial charge in [0.2, 0.25) is 0 Å². The minimum Gasteiger partial charge on any atom is -0.381 e. The maximum atomic E-state index is 5.76. The van der Waals surface area contributed by atoms with Crippen LogP contribution in [0.4, 0.5) is 0 Å². The molecule has 0 bridgehead atoms. The van der Waals surface area contributed by atoms with Crippen molar-refractivity contribution in [1.29, 1.82) is 0 Å². The van der Waals surface area contributed by atoms with Crippen LogP contribution in [0.25, 0.3) is 0 Å². The van der Waals surface area contributed by atoms with Gasteiger partial charge in [0.15, 0.2) is 5.96 Å². The van der Waals surface area contributed by atoms with Gasteiger partial charge in [-0.1, -0.05) is 37.1 Å². The lowest BCUT2D eigenvalue weighted by molar-refractivity contribution is 0.0888. The zero-order chi connectivity index (χ0) is 20.9. The van der Waals surface area contributed by atoms with E-state index in [1.54, 1.807) is 0 Å². The van der Waals surface area contributed by atoms with Crippen LogP contribution in [0.15, 0.2) is 29.3 Å². The fourth-order valence-electron chi connectivity index (χ4n) is 4.14. The Kier molecular flexibility index (Phi) is 10.5. The molecule has 3 rings (SSSR count). The highest BCUT2D eigenvalue weighted by atomic mass is 16.5. The molecule has 0 spiro atoms. The molecule has 2 fully saturated rings. The van der Waals surface area contributed by atoms with Gasteiger partial charge in [-0.25, -0.2) is 0 Å². The summed E-state index contributed by atoms with van der Waals surface area (Å²) in [5.74, 6) is 1.43. The molecule has 0 aromatic heterocycles. The number of hydrogen-bond acceptors (Lipinski definition) is 4. The van der Waals surface area contributed by atoms with Gasteiger partial charge < -0.3 is 20.1 Å². The van der Waals surface area contributed by atoms with Gasteiger partial charge in [0.1, 0.15) is 0 Å². The van der Waals surface area contributed by atoms with Gasteiger partial charge in [0.05, 0.1) is 13.2 Å². The van der Waals surface area contributed by atoms with Crippen molar-refractivity contribution >= 4 is 5.96 Å². The zero-order valence-corrected chi connectivity index (χ0v) is 18.7. The summed E-state index contributed by atoms with van der Waals surface area (Å²) in [5, 5.41) is 6.81. The van der Waals surface area contributed by atoms with Gasteiger partial charge in [-0.2, -0.15) is 0 Å². The second kappa shape index (κ2) is 13.6. The van der Waals surface area contributed by atoms with E-state index in [1.165, 1.54) is 49.9 Å². The van der Waals surface area contributed by atoms with E-state index in [4.69, 9.17) is 9.47 Å². The molecule has 0 radical (unpaired) electrons. The molecule has 168 valence electrons. The minimum atomic E-state index is 0.586. The van der Waals surface area contributed by atoms with Crippen LogP contribution in [0.1, 0.15) is 49.7 Å². The van der Waals surface area contributed by atoms with Gasteiger partial charge in [0, 0.05) is 45.8 Å². The summed E-state index contributed by atoms with van der Waals surface area (Å²) in [7, 11) is 1.82. The van der Waals surface area contributed by atoms with Crippen molar-refractivity contribution in [2.75, 3.05) is 53.1 Å². The van der Waals surface area contributed by atoms with E-state index in [-0.39, 0.29) is 0 Å². The van der Waals surface area contributed by atoms with Gasteiger partial charge in [-0.15, -0.1) is 0 Å². The standard InChI is InChI=1S/C24H40N4O2/c1-25-24(26-11-7-14-29-19-23-10-15-30-20-23)27-17-21-8-6-9-22(16-21)18-28-12-4-2-3-5-13-28/h6,8-9,16,23H,2-5,7,10-15,17-20H2,1H3,(H2,25,26,27). The van der Waals surface area contributed by atoms with E-state index < -0.39 is 0 Å². The largest absolute Gasteiger partial charge is 0.381 e. The molecule has 0 saturated carbocycles. The maximum Gasteiger partial charge on any atom is 0.191 e. The van der Waals surface area contributed by atoms with Crippen LogP contribution < -0.4 is 10.6 Å². The highest BCUT2D eigenvalue weighted by Crippen LogP contribution is 2.14. The number of hydrogen-bond donors (Lipinski definition) is 2. The average molecular weight is 417 g/mol. The molecule has 6 nitrogen and oxygen atoms in total. The molecule has 2 aliphatic rings. The Labute approximate surface area is 182 Å². The third-order valence-electron chi connectivity index (χ3n) is 5.92. The lowest BCUT2D eigenvalue weighted by Crippen LogP contribution is -2.37. The van der Waals surface area contributed by atoms with Crippen molar-refractivity contribution in [3.63, 3.8) is 0 Å². The summed E-state index contributed by atoms with van der Waals surface area (Å²) in [6, 6.07) is 8.94. The highest BCUT2D eigenvalue weighted by molar-refractivity contribution is 5.79. The number of guanidine groups is 1. The molecule has 0 amide bonds. The second-order valence-corrected chi connectivity index (χ2v) is 8.52. The van der Waals surface area contributed by atoms with Crippen molar-refractivity contribution in [1.82, 2.24) is 15.5 Å². The lowest BCUT2D eigenvalue weighted by Gasteiger charge is -2.20. The van der Waals surface area contributed by atoms with Crippen LogP contribution in [0.2, 0.25) is 0 Å². The molecule has 30 heavy (non-hydrogen) atoms. The lowest BCUT2D eigenvalue weighted by atomic mass is 10.1. The van der Waals surface area contributed by atoms with Crippen molar-refractivity contribution in [3.8, 4) is 0 Å². The Hall–Kier alpha value is -1.63. The first kappa shape index (κ1) is 23.0. The molecule has 1 aromatic rings. The first-order valence-electron chi connectivity index (χ1n) is 11.7. The Bertz CT molecular complexity index is 623. The number of nitrogens with one attached hydrogen (secondary N) is 2. The Morgan fingerprint density at radius 1 is 1.17 bits per heavy atom. The molecule has 0 aliphatic carbocycles. The van der Waals surface area contributed by atoms with Crippen molar-refractivity contribution < 1.29 is 9.47 Å². The Morgan fingerprint density at radius 3 is 2.77 bits per heavy atom. The molecule has 1 atom stereocenters. The maximum absolute atomic E-state index is 5.76. The van der Waals surface area contributed by atoms with E-state index in [0.717, 1.165) is 64.9 Å². The third kappa shape index (κ3) is 8.62. The number of aliphatic imine (C=N–C) groups is 1. The number of nitrogens with zero attached hydrogens (tertiary/aromatic N) is 2. The fourth-order valence-corrected chi connectivity index (χ4v) is 4.14.